The molecule has 112 valence electrons. The van der Waals surface area contributed by atoms with Gasteiger partial charge in [0.1, 0.15) is 0 Å². The zero-order valence-electron chi connectivity index (χ0n) is 13.0. The van der Waals surface area contributed by atoms with Gasteiger partial charge in [-0.2, -0.15) is 0 Å². The molecule has 1 aliphatic rings. The molecule has 2 atom stereocenters. The first-order chi connectivity index (χ1) is 8.54. The molecule has 0 spiro atoms. The van der Waals surface area contributed by atoms with Crippen LogP contribution in [0, 0.1) is 0 Å². The number of nitrogens with one attached hydrogen (secondary N) is 1. The molecule has 1 rings (SSSR count). The maximum atomic E-state index is 11.1. The highest BCUT2D eigenvalue weighted by molar-refractivity contribution is 6.74. The molecule has 1 heterocycles. The Morgan fingerprint density at radius 2 is 2.05 bits per heavy atom. The van der Waals surface area contributed by atoms with E-state index in [9.17, 15) is 4.79 Å². The SMILES string of the molecule is C[C@H]1CN[C@H](CO[Si](C)(C)C(C)(C)C)CN1C(=O)O. The van der Waals surface area contributed by atoms with Crippen LogP contribution in [0.5, 0.6) is 0 Å². The van der Waals surface area contributed by atoms with Crippen molar-refractivity contribution in [2.24, 2.45) is 0 Å². The molecule has 1 amide bonds. The number of carboxylic acid groups (broad SMARTS) is 1. The molecule has 0 unspecified atom stereocenters. The van der Waals surface area contributed by atoms with Crippen LogP contribution in [0.3, 0.4) is 0 Å². The van der Waals surface area contributed by atoms with Crippen molar-refractivity contribution in [3.63, 3.8) is 0 Å². The first-order valence-electron chi connectivity index (χ1n) is 6.91. The van der Waals surface area contributed by atoms with Crippen LogP contribution in [-0.2, 0) is 4.43 Å². The average molecular weight is 288 g/mol. The molecular formula is C13H28N2O3Si. The summed E-state index contributed by atoms with van der Waals surface area (Å²) in [5.74, 6) is 0. The van der Waals surface area contributed by atoms with Crippen LogP contribution in [0.1, 0.15) is 27.7 Å². The molecule has 0 aliphatic carbocycles. The Kier molecular flexibility index (Phi) is 5.03. The van der Waals surface area contributed by atoms with Crippen molar-refractivity contribution >= 4 is 14.4 Å². The standard InChI is InChI=1S/C13H28N2O3Si/c1-10-7-14-11(8-15(10)12(16)17)9-18-19(5,6)13(2,3)4/h10-11,14H,7-9H2,1-6H3,(H,16,17)/t10-,11-/m0/s1. The molecule has 0 aromatic carbocycles. The molecule has 5 nitrogen and oxygen atoms in total. The first kappa shape index (κ1) is 16.5. The quantitative estimate of drug-likeness (QED) is 0.783. The lowest BCUT2D eigenvalue weighted by atomic mass is 10.1. The van der Waals surface area contributed by atoms with Crippen LogP contribution in [0.15, 0.2) is 0 Å². The molecule has 0 aromatic rings. The second kappa shape index (κ2) is 5.81. The van der Waals surface area contributed by atoms with Crippen LogP contribution in [0.2, 0.25) is 18.1 Å². The highest BCUT2D eigenvalue weighted by Gasteiger charge is 2.38. The van der Waals surface area contributed by atoms with Gasteiger partial charge in [-0.05, 0) is 25.1 Å². The van der Waals surface area contributed by atoms with Crippen molar-refractivity contribution in [2.75, 3.05) is 19.7 Å². The zero-order chi connectivity index (χ0) is 14.8. The van der Waals surface area contributed by atoms with Gasteiger partial charge in [0.15, 0.2) is 8.32 Å². The van der Waals surface area contributed by atoms with E-state index in [0.717, 1.165) is 0 Å². The third-order valence-corrected chi connectivity index (χ3v) is 8.85. The summed E-state index contributed by atoms with van der Waals surface area (Å²) in [7, 11) is -1.76. The van der Waals surface area contributed by atoms with Gasteiger partial charge >= 0.3 is 6.09 Å². The summed E-state index contributed by atoms with van der Waals surface area (Å²) in [6, 6.07) is 0.128. The number of carbonyl (C=O) groups is 1. The average Bonchev–Trinajstić information content (AvgIpc) is 2.26. The Bertz CT molecular complexity index is 328. The predicted molar refractivity (Wildman–Crippen MR) is 79.1 cm³/mol. The van der Waals surface area contributed by atoms with Crippen LogP contribution < -0.4 is 5.32 Å². The highest BCUT2D eigenvalue weighted by Crippen LogP contribution is 2.36. The van der Waals surface area contributed by atoms with Gasteiger partial charge in [0.25, 0.3) is 0 Å². The van der Waals surface area contributed by atoms with E-state index in [-0.39, 0.29) is 17.1 Å². The topological polar surface area (TPSA) is 61.8 Å². The number of nitrogens with zero attached hydrogens (tertiary/aromatic N) is 1. The minimum atomic E-state index is -1.76. The van der Waals surface area contributed by atoms with Gasteiger partial charge in [-0.3, -0.25) is 0 Å². The second-order valence-electron chi connectivity index (χ2n) is 6.96. The summed E-state index contributed by atoms with van der Waals surface area (Å²) in [5.41, 5.74) is 0. The van der Waals surface area contributed by atoms with E-state index in [0.29, 0.717) is 19.7 Å². The zero-order valence-corrected chi connectivity index (χ0v) is 14.0. The molecule has 0 bridgehead atoms. The maximum absolute atomic E-state index is 11.1. The molecule has 1 saturated heterocycles. The molecule has 6 heteroatoms. The Labute approximate surface area is 117 Å². The first-order valence-corrected chi connectivity index (χ1v) is 9.82. The summed E-state index contributed by atoms with van der Waals surface area (Å²) < 4.78 is 6.15. The summed E-state index contributed by atoms with van der Waals surface area (Å²) in [4.78, 5) is 12.6. The summed E-state index contributed by atoms with van der Waals surface area (Å²) in [5, 5.41) is 12.7. The molecule has 2 N–H and O–H groups in total. The normalized spacial score (nSPS) is 25.5. The Hall–Kier alpha value is -0.593. The third kappa shape index (κ3) is 4.19. The lowest BCUT2D eigenvalue weighted by molar-refractivity contribution is 0.0916. The Balaban J connectivity index is 2.53. The van der Waals surface area contributed by atoms with Crippen molar-refractivity contribution in [3.05, 3.63) is 0 Å². The molecule has 19 heavy (non-hydrogen) atoms. The number of hydrogen-bond acceptors (Lipinski definition) is 3. The van der Waals surface area contributed by atoms with E-state index >= 15 is 0 Å². The van der Waals surface area contributed by atoms with Crippen LogP contribution in [0.4, 0.5) is 4.79 Å². The maximum Gasteiger partial charge on any atom is 0.407 e. The fraction of sp³-hybridized carbons (Fsp3) is 0.923. The summed E-state index contributed by atoms with van der Waals surface area (Å²) in [6.07, 6.45) is -0.841. The number of piperazine rings is 1. The predicted octanol–water partition coefficient (Wildman–Crippen LogP) is 2.35. The number of hydrogen-bond donors (Lipinski definition) is 2. The minimum Gasteiger partial charge on any atom is -0.465 e. The van der Waals surface area contributed by atoms with Crippen molar-refractivity contribution < 1.29 is 14.3 Å². The molecule has 1 fully saturated rings. The van der Waals surface area contributed by atoms with Gasteiger partial charge in [-0.25, -0.2) is 4.79 Å². The lowest BCUT2D eigenvalue weighted by Crippen LogP contribution is -2.59. The lowest BCUT2D eigenvalue weighted by Gasteiger charge is -2.40. The van der Waals surface area contributed by atoms with E-state index in [1.165, 1.54) is 4.90 Å². The van der Waals surface area contributed by atoms with E-state index in [2.05, 4.69) is 39.2 Å². The van der Waals surface area contributed by atoms with Crippen molar-refractivity contribution in [3.8, 4) is 0 Å². The van der Waals surface area contributed by atoms with Gasteiger partial charge in [-0.15, -0.1) is 0 Å². The van der Waals surface area contributed by atoms with Gasteiger partial charge < -0.3 is 19.7 Å². The van der Waals surface area contributed by atoms with Gasteiger partial charge in [0, 0.05) is 25.2 Å². The van der Waals surface area contributed by atoms with Gasteiger partial charge in [0.05, 0.1) is 6.61 Å². The molecule has 0 aromatic heterocycles. The second-order valence-corrected chi connectivity index (χ2v) is 11.8. The fourth-order valence-electron chi connectivity index (χ4n) is 1.83. The van der Waals surface area contributed by atoms with Gasteiger partial charge in [-0.1, -0.05) is 20.8 Å². The van der Waals surface area contributed by atoms with Crippen LogP contribution in [0.25, 0.3) is 0 Å². The fourth-order valence-corrected chi connectivity index (χ4v) is 2.88. The smallest absolute Gasteiger partial charge is 0.407 e. The number of rotatable bonds is 3. The van der Waals surface area contributed by atoms with E-state index in [4.69, 9.17) is 9.53 Å². The van der Waals surface area contributed by atoms with E-state index in [1.54, 1.807) is 0 Å². The van der Waals surface area contributed by atoms with Crippen molar-refractivity contribution in [1.82, 2.24) is 10.2 Å². The molecule has 0 radical (unpaired) electrons. The van der Waals surface area contributed by atoms with Crippen molar-refractivity contribution in [1.29, 1.82) is 0 Å². The third-order valence-electron chi connectivity index (χ3n) is 4.35. The number of amides is 1. The summed E-state index contributed by atoms with van der Waals surface area (Å²) in [6.45, 7) is 14.8. The Morgan fingerprint density at radius 3 is 2.53 bits per heavy atom. The monoisotopic (exact) mass is 288 g/mol. The summed E-state index contributed by atoms with van der Waals surface area (Å²) >= 11 is 0. The van der Waals surface area contributed by atoms with Crippen LogP contribution >= 0.6 is 0 Å². The largest absolute Gasteiger partial charge is 0.465 e. The van der Waals surface area contributed by atoms with E-state index < -0.39 is 14.4 Å². The van der Waals surface area contributed by atoms with Crippen molar-refractivity contribution in [2.45, 2.75) is 57.9 Å². The molecule has 1 aliphatic heterocycles. The van der Waals surface area contributed by atoms with Crippen LogP contribution in [-0.4, -0.2) is 56.2 Å². The highest BCUT2D eigenvalue weighted by atomic mass is 28.4. The molecular weight excluding hydrogens is 260 g/mol. The van der Waals surface area contributed by atoms with E-state index in [1.807, 2.05) is 6.92 Å². The molecule has 0 saturated carbocycles. The minimum absolute atomic E-state index is 0.0293. The Morgan fingerprint density at radius 1 is 1.47 bits per heavy atom. The van der Waals surface area contributed by atoms with Gasteiger partial charge in [0.2, 0.25) is 0 Å².